The van der Waals surface area contributed by atoms with Gasteiger partial charge in [0.1, 0.15) is 11.3 Å². The minimum absolute atomic E-state index is 0.203. The Morgan fingerprint density at radius 1 is 0.895 bits per heavy atom. The van der Waals surface area contributed by atoms with Gasteiger partial charge in [-0.3, -0.25) is 4.79 Å². The summed E-state index contributed by atoms with van der Waals surface area (Å²) in [5.74, 6) is 2.32. The molecule has 0 unspecified atom stereocenters. The van der Waals surface area contributed by atoms with Crippen molar-refractivity contribution in [1.29, 1.82) is 0 Å². The summed E-state index contributed by atoms with van der Waals surface area (Å²) in [5.41, 5.74) is 2.93. The molecule has 7 heteroatoms. The zero-order valence-corrected chi connectivity index (χ0v) is 24.5. The van der Waals surface area contributed by atoms with E-state index < -0.39 is 0 Å². The minimum Gasteiger partial charge on any atom is -0.497 e. The number of nitrogens with one attached hydrogen (secondary N) is 1. The molecule has 0 atom stereocenters. The predicted octanol–water partition coefficient (Wildman–Crippen LogP) is 7.52. The van der Waals surface area contributed by atoms with Crippen LogP contribution in [0.1, 0.15) is 82.4 Å². The molecule has 3 aromatic rings. The number of nitrogens with zero attached hydrogens (tertiary/aromatic N) is 1. The Bertz CT molecular complexity index is 1080. The van der Waals surface area contributed by atoms with Crippen molar-refractivity contribution in [1.82, 2.24) is 10.5 Å². The van der Waals surface area contributed by atoms with E-state index in [9.17, 15) is 4.79 Å². The highest BCUT2D eigenvalue weighted by atomic mass is 16.5. The van der Waals surface area contributed by atoms with Gasteiger partial charge < -0.3 is 24.1 Å². The van der Waals surface area contributed by atoms with Crippen molar-refractivity contribution in [2.75, 3.05) is 27.4 Å². The molecule has 0 fully saturated rings. The van der Waals surface area contributed by atoms with Crippen LogP contribution in [0.2, 0.25) is 0 Å². The van der Waals surface area contributed by atoms with Crippen LogP contribution in [0.25, 0.3) is 11.3 Å². The first-order valence-corrected chi connectivity index (χ1v) is 13.7. The number of hydrogen-bond acceptors (Lipinski definition) is 6. The third-order valence-electron chi connectivity index (χ3n) is 5.54. The Hall–Kier alpha value is -3.48. The number of amides is 1. The normalized spacial score (nSPS) is 9.89. The third kappa shape index (κ3) is 9.77. The van der Waals surface area contributed by atoms with Crippen molar-refractivity contribution in [3.8, 4) is 28.6 Å². The zero-order valence-electron chi connectivity index (χ0n) is 24.5. The van der Waals surface area contributed by atoms with Crippen molar-refractivity contribution < 1.29 is 23.5 Å². The van der Waals surface area contributed by atoms with E-state index >= 15 is 0 Å². The van der Waals surface area contributed by atoms with E-state index in [4.69, 9.17) is 18.7 Å². The molecule has 1 heterocycles. The summed E-state index contributed by atoms with van der Waals surface area (Å²) in [6.07, 6.45) is 4.81. The molecule has 0 aliphatic heterocycles. The Labute approximate surface area is 228 Å². The fourth-order valence-electron chi connectivity index (χ4n) is 3.48. The van der Waals surface area contributed by atoms with E-state index in [1.165, 1.54) is 12.8 Å². The predicted molar refractivity (Wildman–Crippen MR) is 155 cm³/mol. The van der Waals surface area contributed by atoms with Gasteiger partial charge >= 0.3 is 0 Å². The molecule has 7 nitrogen and oxygen atoms in total. The Morgan fingerprint density at radius 2 is 1.63 bits per heavy atom. The summed E-state index contributed by atoms with van der Waals surface area (Å²) >= 11 is 0. The second kappa shape index (κ2) is 18.7. The van der Waals surface area contributed by atoms with Gasteiger partial charge in [0.15, 0.2) is 17.3 Å². The van der Waals surface area contributed by atoms with Gasteiger partial charge in [-0.25, -0.2) is 0 Å². The highest BCUT2D eigenvalue weighted by Crippen LogP contribution is 2.30. The van der Waals surface area contributed by atoms with E-state index in [1.807, 2.05) is 70.2 Å². The Kier molecular flexibility index (Phi) is 16.0. The van der Waals surface area contributed by atoms with E-state index in [1.54, 1.807) is 14.2 Å². The number of ether oxygens (including phenoxy) is 3. The number of aryl methyl sites for hydroxylation is 1. The molecule has 1 N–H and O–H groups in total. The van der Waals surface area contributed by atoms with Gasteiger partial charge in [-0.2, -0.15) is 0 Å². The average Bonchev–Trinajstić information content (AvgIpc) is 3.38. The monoisotopic (exact) mass is 526 g/mol. The number of unbranched alkanes of at least 4 members (excludes halogenated alkanes) is 1. The standard InChI is InChI=1S/C25H30N2O5.C4H10.C2H6/c1-5-8-20-23(24(32-27-20)18-9-7-10-19(16-18)29-3)25(28)26-14-13-17-11-12-21(30-4)22(15-17)31-6-2;1-3-4-2;1-2/h7,9-12,15-16H,5-6,8,13-14H2,1-4H3,(H,26,28);3-4H2,1-2H3;1-2H3. The molecule has 210 valence electrons. The molecule has 0 saturated heterocycles. The van der Waals surface area contributed by atoms with Crippen LogP contribution in [-0.2, 0) is 12.8 Å². The Morgan fingerprint density at radius 3 is 2.24 bits per heavy atom. The molecule has 0 saturated carbocycles. The fourth-order valence-corrected chi connectivity index (χ4v) is 3.48. The van der Waals surface area contributed by atoms with Crippen LogP contribution >= 0.6 is 0 Å². The number of carbonyl (C=O) groups excluding carboxylic acids is 1. The van der Waals surface area contributed by atoms with Crippen molar-refractivity contribution in [2.45, 2.75) is 73.6 Å². The second-order valence-corrected chi connectivity index (χ2v) is 8.24. The number of aromatic nitrogens is 1. The molecular weight excluding hydrogens is 480 g/mol. The lowest BCUT2D eigenvalue weighted by Crippen LogP contribution is -2.26. The summed E-state index contributed by atoms with van der Waals surface area (Å²) in [6, 6.07) is 13.2. The summed E-state index contributed by atoms with van der Waals surface area (Å²) in [6.45, 7) is 13.3. The SMILES string of the molecule is CC.CCCC.CCCc1noc(-c2cccc(OC)c2)c1C(=O)NCCc1ccc(OC)c(OCC)c1. The lowest BCUT2D eigenvalue weighted by molar-refractivity contribution is 0.0953. The maximum Gasteiger partial charge on any atom is 0.257 e. The molecule has 0 aliphatic rings. The van der Waals surface area contributed by atoms with Crippen LogP contribution in [0, 0.1) is 0 Å². The zero-order chi connectivity index (χ0) is 28.3. The molecule has 38 heavy (non-hydrogen) atoms. The highest BCUT2D eigenvalue weighted by Gasteiger charge is 2.23. The van der Waals surface area contributed by atoms with Crippen LogP contribution in [0.5, 0.6) is 17.2 Å². The molecule has 1 aromatic heterocycles. The van der Waals surface area contributed by atoms with E-state index in [2.05, 4.69) is 24.3 Å². The molecule has 0 aliphatic carbocycles. The van der Waals surface area contributed by atoms with Crippen molar-refractivity contribution in [3.05, 3.63) is 59.3 Å². The van der Waals surface area contributed by atoms with Gasteiger partial charge in [-0.05, 0) is 49.6 Å². The molecular formula is C31H46N2O5. The van der Waals surface area contributed by atoms with Crippen LogP contribution in [-0.4, -0.2) is 38.4 Å². The lowest BCUT2D eigenvalue weighted by Gasteiger charge is -2.11. The number of benzene rings is 2. The molecule has 3 rings (SSSR count). The topological polar surface area (TPSA) is 82.8 Å². The number of methoxy groups -OCH3 is 2. The van der Waals surface area contributed by atoms with Crippen LogP contribution < -0.4 is 19.5 Å². The van der Waals surface area contributed by atoms with Gasteiger partial charge in [0.05, 0.1) is 26.5 Å². The van der Waals surface area contributed by atoms with E-state index in [0.29, 0.717) is 60.3 Å². The van der Waals surface area contributed by atoms with Crippen LogP contribution in [0.3, 0.4) is 0 Å². The Balaban J connectivity index is 0.00000110. The molecule has 1 amide bonds. The average molecular weight is 527 g/mol. The van der Waals surface area contributed by atoms with Gasteiger partial charge in [0.2, 0.25) is 0 Å². The lowest BCUT2D eigenvalue weighted by atomic mass is 10.0. The number of carbonyl (C=O) groups is 1. The van der Waals surface area contributed by atoms with Crippen LogP contribution in [0.4, 0.5) is 0 Å². The smallest absolute Gasteiger partial charge is 0.257 e. The maximum absolute atomic E-state index is 13.1. The molecule has 0 radical (unpaired) electrons. The molecule has 0 bridgehead atoms. The first-order chi connectivity index (χ1) is 18.5. The fraction of sp³-hybridized carbons (Fsp3) is 0.484. The molecule has 2 aromatic carbocycles. The second-order valence-electron chi connectivity index (χ2n) is 8.24. The number of rotatable bonds is 12. The summed E-state index contributed by atoms with van der Waals surface area (Å²) in [5, 5.41) is 7.18. The van der Waals surface area contributed by atoms with Gasteiger partial charge in [0, 0.05) is 12.1 Å². The van der Waals surface area contributed by atoms with E-state index in [-0.39, 0.29) is 5.91 Å². The van der Waals surface area contributed by atoms with Gasteiger partial charge in [-0.1, -0.05) is 77.2 Å². The summed E-state index contributed by atoms with van der Waals surface area (Å²) < 4.78 is 21.9. The van der Waals surface area contributed by atoms with E-state index in [0.717, 1.165) is 17.5 Å². The highest BCUT2D eigenvalue weighted by molar-refractivity contribution is 6.00. The minimum atomic E-state index is -0.203. The van der Waals surface area contributed by atoms with Crippen molar-refractivity contribution in [2.24, 2.45) is 0 Å². The first-order valence-electron chi connectivity index (χ1n) is 13.7. The summed E-state index contributed by atoms with van der Waals surface area (Å²) in [4.78, 5) is 13.1. The first kappa shape index (κ1) is 32.5. The van der Waals surface area contributed by atoms with Crippen LogP contribution in [0.15, 0.2) is 47.0 Å². The molecule has 0 spiro atoms. The largest absolute Gasteiger partial charge is 0.497 e. The maximum atomic E-state index is 13.1. The van der Waals surface area contributed by atoms with Crippen molar-refractivity contribution in [3.63, 3.8) is 0 Å². The van der Waals surface area contributed by atoms with Gasteiger partial charge in [0.25, 0.3) is 5.91 Å². The quantitative estimate of drug-likeness (QED) is 0.263. The van der Waals surface area contributed by atoms with Gasteiger partial charge in [-0.15, -0.1) is 0 Å². The number of hydrogen-bond donors (Lipinski definition) is 1. The van der Waals surface area contributed by atoms with Crippen molar-refractivity contribution >= 4 is 5.91 Å². The third-order valence-corrected chi connectivity index (χ3v) is 5.54. The summed E-state index contributed by atoms with van der Waals surface area (Å²) in [7, 11) is 3.22.